The van der Waals surface area contributed by atoms with Crippen molar-refractivity contribution in [3.63, 3.8) is 0 Å². The van der Waals surface area contributed by atoms with Crippen LogP contribution in [0.15, 0.2) is 54.6 Å². The number of aliphatic hydroxyl groups excluding tert-OH is 1. The van der Waals surface area contributed by atoms with Gasteiger partial charge in [0, 0.05) is 24.7 Å². The molecular weight excluding hydrogens is 342 g/mol. The van der Waals surface area contributed by atoms with E-state index < -0.39 is 6.10 Å². The van der Waals surface area contributed by atoms with Gasteiger partial charge in [-0.2, -0.15) is 0 Å². The van der Waals surface area contributed by atoms with Crippen molar-refractivity contribution in [3.05, 3.63) is 54.6 Å². The summed E-state index contributed by atoms with van der Waals surface area (Å²) in [5.41, 5.74) is 2.21. The Balaban J connectivity index is 1.89. The van der Waals surface area contributed by atoms with E-state index in [1.807, 2.05) is 60.4 Å². The van der Waals surface area contributed by atoms with Crippen molar-refractivity contribution in [1.82, 2.24) is 0 Å². The maximum absolute atomic E-state index is 13.3. The molecule has 6 heteroatoms. The molecule has 0 radical (unpaired) electrons. The number of carbonyl (C=O) groups is 2. The van der Waals surface area contributed by atoms with Crippen LogP contribution in [0.25, 0.3) is 0 Å². The van der Waals surface area contributed by atoms with Gasteiger partial charge in [-0.15, -0.1) is 0 Å². The van der Waals surface area contributed by atoms with Crippen LogP contribution in [-0.4, -0.2) is 42.2 Å². The highest BCUT2D eigenvalue weighted by atomic mass is 16.3. The number of carbonyl (C=O) groups excluding carboxylic acids is 2. The van der Waals surface area contributed by atoms with Crippen LogP contribution in [0.1, 0.15) is 20.3 Å². The minimum absolute atomic E-state index is 0.103. The van der Waals surface area contributed by atoms with Crippen LogP contribution >= 0.6 is 0 Å². The third-order valence-corrected chi connectivity index (χ3v) is 4.56. The predicted molar refractivity (Wildman–Crippen MR) is 107 cm³/mol. The summed E-state index contributed by atoms with van der Waals surface area (Å²) in [4.78, 5) is 28.9. The number of hydrogen-bond donors (Lipinski definition) is 2. The van der Waals surface area contributed by atoms with E-state index in [0.717, 1.165) is 5.69 Å². The maximum Gasteiger partial charge on any atom is 0.246 e. The number of hydrogen-bond acceptors (Lipinski definition) is 4. The highest BCUT2D eigenvalue weighted by Gasteiger charge is 2.30. The maximum atomic E-state index is 13.3. The van der Waals surface area contributed by atoms with Crippen molar-refractivity contribution >= 4 is 28.9 Å². The zero-order valence-corrected chi connectivity index (χ0v) is 15.6. The highest BCUT2D eigenvalue weighted by Crippen LogP contribution is 2.31. The van der Waals surface area contributed by atoms with Gasteiger partial charge >= 0.3 is 0 Å². The molecule has 0 bridgehead atoms. The smallest absolute Gasteiger partial charge is 0.246 e. The third-order valence-electron chi connectivity index (χ3n) is 4.56. The normalized spacial score (nSPS) is 17.5. The summed E-state index contributed by atoms with van der Waals surface area (Å²) in [5, 5.41) is 12.7. The molecule has 1 aliphatic rings. The van der Waals surface area contributed by atoms with Crippen molar-refractivity contribution in [2.24, 2.45) is 0 Å². The molecule has 1 aliphatic heterocycles. The van der Waals surface area contributed by atoms with E-state index in [1.54, 1.807) is 17.9 Å². The molecule has 2 atom stereocenters. The average Bonchev–Trinajstić information content (AvgIpc) is 2.75. The number of anilines is 3. The Hall–Kier alpha value is -2.86. The molecule has 6 nitrogen and oxygen atoms in total. The molecule has 0 aromatic heterocycles. The van der Waals surface area contributed by atoms with Crippen molar-refractivity contribution in [3.8, 4) is 0 Å². The Morgan fingerprint density at radius 2 is 1.89 bits per heavy atom. The first-order valence-electron chi connectivity index (χ1n) is 9.14. The van der Waals surface area contributed by atoms with Crippen molar-refractivity contribution in [2.75, 3.05) is 28.2 Å². The second kappa shape index (κ2) is 8.22. The van der Waals surface area contributed by atoms with Crippen LogP contribution in [-0.2, 0) is 9.59 Å². The molecular formula is C21H25N3O3. The van der Waals surface area contributed by atoms with Crippen LogP contribution < -0.4 is 15.1 Å². The van der Waals surface area contributed by atoms with Crippen LogP contribution in [0.4, 0.5) is 17.1 Å². The van der Waals surface area contributed by atoms with Crippen molar-refractivity contribution < 1.29 is 14.7 Å². The first kappa shape index (κ1) is 18.9. The Morgan fingerprint density at radius 3 is 2.59 bits per heavy atom. The molecule has 0 fully saturated rings. The largest absolute Gasteiger partial charge is 0.392 e. The van der Waals surface area contributed by atoms with Gasteiger partial charge in [-0.3, -0.25) is 9.59 Å². The van der Waals surface area contributed by atoms with Gasteiger partial charge in [0.15, 0.2) is 0 Å². The summed E-state index contributed by atoms with van der Waals surface area (Å²) in [5.74, 6) is -0.218. The number of nitrogens with one attached hydrogen (secondary N) is 1. The van der Waals surface area contributed by atoms with E-state index in [2.05, 4.69) is 5.32 Å². The number of fused-ring (bicyclic) bond motifs is 1. The van der Waals surface area contributed by atoms with Gasteiger partial charge in [-0.25, -0.2) is 0 Å². The van der Waals surface area contributed by atoms with Gasteiger partial charge < -0.3 is 20.2 Å². The van der Waals surface area contributed by atoms with E-state index in [0.29, 0.717) is 17.9 Å². The second-order valence-corrected chi connectivity index (χ2v) is 6.95. The summed E-state index contributed by atoms with van der Waals surface area (Å²) in [6.07, 6.45) is -0.336. The van der Waals surface area contributed by atoms with Crippen molar-refractivity contribution in [1.29, 1.82) is 0 Å². The molecule has 2 amide bonds. The molecule has 0 spiro atoms. The zero-order valence-electron chi connectivity index (χ0n) is 15.6. The first-order valence-corrected chi connectivity index (χ1v) is 9.14. The fraction of sp³-hybridized carbons (Fsp3) is 0.333. The molecule has 2 aromatic carbocycles. The molecule has 3 rings (SSSR count). The number of para-hydroxylation sites is 3. The van der Waals surface area contributed by atoms with Gasteiger partial charge in [0.2, 0.25) is 11.8 Å². The lowest BCUT2D eigenvalue weighted by molar-refractivity contribution is -0.118. The fourth-order valence-electron chi connectivity index (χ4n) is 3.43. The van der Waals surface area contributed by atoms with E-state index in [1.165, 1.54) is 0 Å². The lowest BCUT2D eigenvalue weighted by atomic mass is 10.1. The number of nitrogens with zero attached hydrogens (tertiary/aromatic N) is 2. The minimum atomic E-state index is -0.574. The number of amides is 2. The number of rotatable bonds is 5. The summed E-state index contributed by atoms with van der Waals surface area (Å²) in [6, 6.07) is 16.6. The van der Waals surface area contributed by atoms with E-state index >= 15 is 0 Å². The third kappa shape index (κ3) is 4.46. The fourth-order valence-corrected chi connectivity index (χ4v) is 3.43. The number of benzene rings is 2. The standard InChI is InChI=1S/C21H25N3O3/c1-15-12-20(26)22-18-10-6-7-11-19(18)24(15)21(27)14-23(13-16(2)25)17-8-4-3-5-9-17/h3-11,15-16,25H,12-14H2,1-2H3,(H,22,26). The lowest BCUT2D eigenvalue weighted by Crippen LogP contribution is -2.46. The van der Waals surface area contributed by atoms with E-state index in [4.69, 9.17) is 0 Å². The SMILES string of the molecule is CC(O)CN(CC(=O)N1c2ccccc2NC(=O)CC1C)c1ccccc1. The highest BCUT2D eigenvalue weighted by molar-refractivity contribution is 6.05. The Labute approximate surface area is 159 Å². The molecule has 2 unspecified atom stereocenters. The Morgan fingerprint density at radius 1 is 1.22 bits per heavy atom. The van der Waals surface area contributed by atoms with Gasteiger partial charge in [0.05, 0.1) is 24.0 Å². The molecule has 1 heterocycles. The van der Waals surface area contributed by atoms with Crippen LogP contribution in [0.3, 0.4) is 0 Å². The Kier molecular flexibility index (Phi) is 5.76. The summed E-state index contributed by atoms with van der Waals surface area (Å²) >= 11 is 0. The monoisotopic (exact) mass is 367 g/mol. The van der Waals surface area contributed by atoms with Gasteiger partial charge in [0.25, 0.3) is 0 Å². The second-order valence-electron chi connectivity index (χ2n) is 6.95. The topological polar surface area (TPSA) is 72.9 Å². The van der Waals surface area contributed by atoms with Crippen molar-refractivity contribution in [2.45, 2.75) is 32.4 Å². The van der Waals surface area contributed by atoms with Crippen LogP contribution in [0.5, 0.6) is 0 Å². The Bertz CT molecular complexity index is 807. The number of aliphatic hydroxyl groups is 1. The molecule has 0 saturated heterocycles. The van der Waals surface area contributed by atoms with Crippen LogP contribution in [0.2, 0.25) is 0 Å². The summed E-state index contributed by atoms with van der Waals surface area (Å²) in [7, 11) is 0. The molecule has 27 heavy (non-hydrogen) atoms. The average molecular weight is 367 g/mol. The molecule has 142 valence electrons. The van der Waals surface area contributed by atoms with Crippen LogP contribution in [0, 0.1) is 0 Å². The van der Waals surface area contributed by atoms with E-state index in [9.17, 15) is 14.7 Å². The molecule has 2 aromatic rings. The minimum Gasteiger partial charge on any atom is -0.392 e. The quantitative estimate of drug-likeness (QED) is 0.852. The van der Waals surface area contributed by atoms with Gasteiger partial charge in [-0.1, -0.05) is 30.3 Å². The summed E-state index contributed by atoms with van der Waals surface area (Å²) < 4.78 is 0. The zero-order chi connectivity index (χ0) is 19.4. The van der Waals surface area contributed by atoms with Gasteiger partial charge in [-0.05, 0) is 38.1 Å². The molecule has 0 saturated carbocycles. The first-order chi connectivity index (χ1) is 13.0. The van der Waals surface area contributed by atoms with Gasteiger partial charge in [0.1, 0.15) is 0 Å². The lowest BCUT2D eigenvalue weighted by Gasteiger charge is -2.32. The summed E-state index contributed by atoms with van der Waals surface area (Å²) in [6.45, 7) is 4.03. The molecule has 2 N–H and O–H groups in total. The van der Waals surface area contributed by atoms with E-state index in [-0.39, 0.29) is 30.8 Å². The predicted octanol–water partition coefficient (Wildman–Crippen LogP) is 2.64. The molecule has 0 aliphatic carbocycles.